The average Bonchev–Trinajstić information content (AvgIpc) is 2.57. The van der Waals surface area contributed by atoms with Crippen LogP contribution in [-0.2, 0) is 0 Å². The Hall–Kier alpha value is -2.88. The molecule has 0 spiro atoms. The Kier molecular flexibility index (Phi) is 3.78. The van der Waals surface area contributed by atoms with Crippen LogP contribution in [0.1, 0.15) is 0 Å². The molecule has 3 aromatic rings. The van der Waals surface area contributed by atoms with Crippen LogP contribution in [0.25, 0.3) is 16.6 Å². The highest BCUT2D eigenvalue weighted by atomic mass is 16.5. The number of rotatable bonds is 4. The number of methoxy groups -OCH3 is 1. The van der Waals surface area contributed by atoms with Crippen LogP contribution in [0, 0.1) is 0 Å². The van der Waals surface area contributed by atoms with Crippen LogP contribution in [0.2, 0.25) is 0 Å². The molecule has 0 amide bonds. The summed E-state index contributed by atoms with van der Waals surface area (Å²) in [4.78, 5) is 4.37. The summed E-state index contributed by atoms with van der Waals surface area (Å²) in [5, 5.41) is 0. The molecule has 4 heteroatoms. The molecule has 1 aromatic carbocycles. The summed E-state index contributed by atoms with van der Waals surface area (Å²) >= 11 is 0. The zero-order valence-corrected chi connectivity index (χ0v) is 11.7. The molecule has 21 heavy (non-hydrogen) atoms. The SMILES string of the molecule is COc1ccc(-c2ccc([N-][n+]3ccccc3)nc2)cc1. The molecule has 0 fully saturated rings. The van der Waals surface area contributed by atoms with E-state index in [4.69, 9.17) is 4.74 Å². The molecule has 0 atom stereocenters. The number of pyridine rings is 2. The molecule has 0 bridgehead atoms. The Morgan fingerprint density at radius 1 is 0.905 bits per heavy atom. The van der Waals surface area contributed by atoms with Gasteiger partial charge in [0, 0.05) is 18.0 Å². The lowest BCUT2D eigenvalue weighted by molar-refractivity contribution is -0.619. The summed E-state index contributed by atoms with van der Waals surface area (Å²) in [7, 11) is 1.66. The maximum absolute atomic E-state index is 5.16. The first-order valence-electron chi connectivity index (χ1n) is 6.64. The second kappa shape index (κ2) is 6.05. The number of benzene rings is 1. The minimum Gasteiger partial charge on any atom is -0.497 e. The molecule has 2 aromatic heterocycles. The van der Waals surface area contributed by atoms with Crippen LogP contribution in [0.3, 0.4) is 0 Å². The Labute approximate surface area is 123 Å². The van der Waals surface area contributed by atoms with Gasteiger partial charge >= 0.3 is 0 Å². The van der Waals surface area contributed by atoms with Gasteiger partial charge in [0.2, 0.25) is 0 Å². The fourth-order valence-corrected chi connectivity index (χ4v) is 1.97. The van der Waals surface area contributed by atoms with E-state index in [1.165, 1.54) is 0 Å². The summed E-state index contributed by atoms with van der Waals surface area (Å²) in [5.41, 5.74) is 6.54. The number of aromatic nitrogens is 2. The molecule has 0 aliphatic rings. The van der Waals surface area contributed by atoms with Crippen molar-refractivity contribution in [1.29, 1.82) is 0 Å². The summed E-state index contributed by atoms with van der Waals surface area (Å²) in [6, 6.07) is 17.6. The van der Waals surface area contributed by atoms with Crippen molar-refractivity contribution >= 4 is 5.82 Å². The molecule has 0 N–H and O–H groups in total. The molecule has 0 saturated carbocycles. The Bertz CT molecular complexity index is 694. The van der Waals surface area contributed by atoms with Gasteiger partial charge in [-0.15, -0.1) is 0 Å². The normalized spacial score (nSPS) is 10.1. The monoisotopic (exact) mass is 277 g/mol. The maximum atomic E-state index is 5.16. The molecule has 0 aliphatic heterocycles. The van der Waals surface area contributed by atoms with Gasteiger partial charge in [-0.3, -0.25) is 0 Å². The van der Waals surface area contributed by atoms with Gasteiger partial charge in [-0.1, -0.05) is 36.5 Å². The predicted molar refractivity (Wildman–Crippen MR) is 81.3 cm³/mol. The van der Waals surface area contributed by atoms with Gasteiger partial charge in [-0.2, -0.15) is 10.1 Å². The quantitative estimate of drug-likeness (QED) is 0.685. The molecule has 3 rings (SSSR count). The third-order valence-corrected chi connectivity index (χ3v) is 3.09. The summed E-state index contributed by atoms with van der Waals surface area (Å²) in [6.45, 7) is 0. The van der Waals surface area contributed by atoms with Gasteiger partial charge in [0.05, 0.1) is 7.11 Å². The van der Waals surface area contributed by atoms with Crippen molar-refractivity contribution in [3.05, 3.63) is 78.6 Å². The lowest BCUT2D eigenvalue weighted by atomic mass is 10.1. The summed E-state index contributed by atoms with van der Waals surface area (Å²) < 4.78 is 6.89. The number of hydrogen-bond donors (Lipinski definition) is 0. The standard InChI is InChI=1S/C17H15N3O/c1-21-16-8-5-14(6-9-16)15-7-10-17(18-13-15)19-20-11-3-2-4-12-20/h2-13H,1H3. The van der Waals surface area contributed by atoms with E-state index in [0.29, 0.717) is 5.82 Å². The molecule has 0 saturated heterocycles. The van der Waals surface area contributed by atoms with Crippen LogP contribution >= 0.6 is 0 Å². The Balaban J connectivity index is 1.77. The van der Waals surface area contributed by atoms with E-state index >= 15 is 0 Å². The van der Waals surface area contributed by atoms with Crippen LogP contribution in [0.15, 0.2) is 73.2 Å². The van der Waals surface area contributed by atoms with Crippen molar-refractivity contribution in [3.63, 3.8) is 0 Å². The van der Waals surface area contributed by atoms with Crippen LogP contribution in [0.5, 0.6) is 5.75 Å². The molecule has 0 aliphatic carbocycles. The van der Waals surface area contributed by atoms with Gasteiger partial charge in [0.1, 0.15) is 5.75 Å². The third-order valence-electron chi connectivity index (χ3n) is 3.09. The molecular weight excluding hydrogens is 262 g/mol. The summed E-state index contributed by atoms with van der Waals surface area (Å²) in [6.07, 6.45) is 5.57. The van der Waals surface area contributed by atoms with Crippen molar-refractivity contribution in [3.8, 4) is 16.9 Å². The highest BCUT2D eigenvalue weighted by molar-refractivity contribution is 5.64. The van der Waals surface area contributed by atoms with E-state index in [1.807, 2.05) is 73.2 Å². The largest absolute Gasteiger partial charge is 0.497 e. The van der Waals surface area contributed by atoms with Crippen molar-refractivity contribution in [1.82, 2.24) is 4.98 Å². The smallest absolute Gasteiger partial charge is 0.182 e. The zero-order chi connectivity index (χ0) is 14.5. The molecular formula is C17H15N3O. The number of hydrogen-bond acceptors (Lipinski definition) is 2. The van der Waals surface area contributed by atoms with Crippen LogP contribution < -0.4 is 9.41 Å². The van der Waals surface area contributed by atoms with Gasteiger partial charge < -0.3 is 9.72 Å². The highest BCUT2D eigenvalue weighted by Crippen LogP contribution is 2.23. The highest BCUT2D eigenvalue weighted by Gasteiger charge is 1.98. The van der Waals surface area contributed by atoms with Crippen molar-refractivity contribution < 1.29 is 9.41 Å². The van der Waals surface area contributed by atoms with Crippen molar-refractivity contribution in [2.24, 2.45) is 0 Å². The second-order valence-electron chi connectivity index (χ2n) is 4.49. The van der Waals surface area contributed by atoms with Gasteiger partial charge in [0.25, 0.3) is 0 Å². The van der Waals surface area contributed by atoms with E-state index in [-0.39, 0.29) is 0 Å². The fraction of sp³-hybridized carbons (Fsp3) is 0.0588. The maximum Gasteiger partial charge on any atom is 0.182 e. The van der Waals surface area contributed by atoms with E-state index in [2.05, 4.69) is 10.4 Å². The van der Waals surface area contributed by atoms with Crippen molar-refractivity contribution in [2.45, 2.75) is 0 Å². The van der Waals surface area contributed by atoms with Gasteiger partial charge in [-0.05, 0) is 23.3 Å². The fourth-order valence-electron chi connectivity index (χ4n) is 1.97. The minimum atomic E-state index is 0.670. The first-order valence-corrected chi connectivity index (χ1v) is 6.64. The first-order chi connectivity index (χ1) is 10.3. The summed E-state index contributed by atoms with van der Waals surface area (Å²) in [5.74, 6) is 1.52. The minimum absolute atomic E-state index is 0.670. The molecule has 2 heterocycles. The van der Waals surface area contributed by atoms with E-state index in [9.17, 15) is 0 Å². The lowest BCUT2D eigenvalue weighted by Gasteiger charge is -2.10. The lowest BCUT2D eigenvalue weighted by Crippen LogP contribution is -2.26. The Morgan fingerprint density at radius 3 is 2.24 bits per heavy atom. The van der Waals surface area contributed by atoms with Gasteiger partial charge in [0.15, 0.2) is 12.4 Å². The molecule has 0 radical (unpaired) electrons. The third kappa shape index (κ3) is 3.17. The molecule has 104 valence electrons. The molecule has 0 unspecified atom stereocenters. The van der Waals surface area contributed by atoms with Crippen LogP contribution in [0.4, 0.5) is 5.82 Å². The van der Waals surface area contributed by atoms with E-state index < -0.39 is 0 Å². The van der Waals surface area contributed by atoms with Crippen molar-refractivity contribution in [2.75, 3.05) is 7.11 Å². The second-order valence-corrected chi connectivity index (χ2v) is 4.49. The number of ether oxygens (including phenoxy) is 1. The van der Waals surface area contributed by atoms with Crippen LogP contribution in [-0.4, -0.2) is 12.1 Å². The predicted octanol–water partition coefficient (Wildman–Crippen LogP) is 3.51. The average molecular weight is 277 g/mol. The van der Waals surface area contributed by atoms with Gasteiger partial charge in [-0.25, -0.2) is 0 Å². The zero-order valence-electron chi connectivity index (χ0n) is 11.7. The Morgan fingerprint density at radius 2 is 1.62 bits per heavy atom. The topological polar surface area (TPSA) is 40.1 Å². The van der Waals surface area contributed by atoms with E-state index in [1.54, 1.807) is 11.8 Å². The van der Waals surface area contributed by atoms with E-state index in [0.717, 1.165) is 16.9 Å². The first kappa shape index (κ1) is 13.1. The number of nitrogens with zero attached hydrogens (tertiary/aromatic N) is 3. The molecule has 4 nitrogen and oxygen atoms in total.